The summed E-state index contributed by atoms with van der Waals surface area (Å²) in [5, 5.41) is 2.43. The van der Waals surface area contributed by atoms with Crippen LogP contribution in [0.2, 0.25) is 0 Å². The molecule has 0 unspecified atom stereocenters. The molecule has 17 heavy (non-hydrogen) atoms. The summed E-state index contributed by atoms with van der Waals surface area (Å²) in [5.74, 6) is -0.335. The third-order valence-corrected chi connectivity index (χ3v) is 4.33. The van der Waals surface area contributed by atoms with E-state index in [1.807, 2.05) is 30.3 Å². The fraction of sp³-hybridized carbons (Fsp3) is 0.154. The lowest BCUT2D eigenvalue weighted by Gasteiger charge is -2.21. The zero-order valence-corrected chi connectivity index (χ0v) is 10.3. The molecule has 0 bridgehead atoms. The smallest absolute Gasteiger partial charge is 0.246 e. The molecule has 1 aromatic heterocycles. The van der Waals surface area contributed by atoms with Crippen LogP contribution in [0.1, 0.15) is 5.56 Å². The van der Waals surface area contributed by atoms with E-state index in [4.69, 9.17) is 5.73 Å². The van der Waals surface area contributed by atoms with E-state index in [0.29, 0.717) is 12.0 Å². The number of nitrogens with two attached hydrogens (primary N) is 1. The van der Waals surface area contributed by atoms with E-state index in [9.17, 15) is 4.79 Å². The van der Waals surface area contributed by atoms with Gasteiger partial charge in [-0.15, -0.1) is 11.3 Å². The van der Waals surface area contributed by atoms with Crippen molar-refractivity contribution in [3.8, 4) is 0 Å². The van der Waals surface area contributed by atoms with Crippen molar-refractivity contribution in [1.82, 2.24) is 0 Å². The summed E-state index contributed by atoms with van der Waals surface area (Å²) in [6, 6.07) is 8.27. The Bertz CT molecular complexity index is 642. The molecule has 1 aromatic carbocycles. The molecule has 1 aliphatic rings. The first-order valence-electron chi connectivity index (χ1n) is 5.40. The van der Waals surface area contributed by atoms with Gasteiger partial charge in [-0.25, -0.2) is 0 Å². The highest BCUT2D eigenvalue weighted by Crippen LogP contribution is 2.41. The normalized spacial score (nSPS) is 14.6. The number of thiophene rings is 1. The molecule has 0 saturated heterocycles. The zero-order chi connectivity index (χ0) is 12.0. The highest BCUT2D eigenvalue weighted by molar-refractivity contribution is 7.23. The highest BCUT2D eigenvalue weighted by Gasteiger charge is 2.22. The number of hydrogen-bond donors (Lipinski definition) is 1. The van der Waals surface area contributed by atoms with Gasteiger partial charge in [0, 0.05) is 29.9 Å². The Labute approximate surface area is 103 Å². The van der Waals surface area contributed by atoms with Crippen molar-refractivity contribution in [3.63, 3.8) is 0 Å². The zero-order valence-electron chi connectivity index (χ0n) is 9.43. The lowest BCUT2D eigenvalue weighted by atomic mass is 10.0. The van der Waals surface area contributed by atoms with Gasteiger partial charge in [0.05, 0.1) is 5.00 Å². The standard InChI is InChI=1S/C13H12N2OS/c1-15-7-8(12(14)16)6-10-9-4-2-3-5-11(9)17-13(10)15/h2-5,7H,6H2,1H3,(H2,14,16). The number of rotatable bonds is 1. The van der Waals surface area contributed by atoms with Gasteiger partial charge in [-0.1, -0.05) is 18.2 Å². The Balaban J connectivity index is 2.21. The molecule has 2 aromatic rings. The molecule has 86 valence electrons. The van der Waals surface area contributed by atoms with Crippen molar-refractivity contribution in [1.29, 1.82) is 0 Å². The fourth-order valence-electron chi connectivity index (χ4n) is 2.22. The Morgan fingerprint density at radius 3 is 2.94 bits per heavy atom. The van der Waals surface area contributed by atoms with E-state index in [1.165, 1.54) is 20.7 Å². The summed E-state index contributed by atoms with van der Waals surface area (Å²) in [4.78, 5) is 13.3. The van der Waals surface area contributed by atoms with Crippen molar-refractivity contribution in [2.24, 2.45) is 5.73 Å². The Morgan fingerprint density at radius 1 is 1.41 bits per heavy atom. The summed E-state index contributed by atoms with van der Waals surface area (Å²) in [5.41, 5.74) is 7.25. The highest BCUT2D eigenvalue weighted by atomic mass is 32.1. The molecule has 0 atom stereocenters. The van der Waals surface area contributed by atoms with Crippen LogP contribution in [0, 0.1) is 0 Å². The van der Waals surface area contributed by atoms with Crippen molar-refractivity contribution < 1.29 is 4.79 Å². The number of nitrogens with zero attached hydrogens (tertiary/aromatic N) is 1. The quantitative estimate of drug-likeness (QED) is 0.836. The fourth-order valence-corrected chi connectivity index (χ4v) is 3.38. The van der Waals surface area contributed by atoms with Crippen LogP contribution in [0.15, 0.2) is 36.0 Å². The Hall–Kier alpha value is -1.81. The van der Waals surface area contributed by atoms with Gasteiger partial charge in [0.2, 0.25) is 5.91 Å². The summed E-state index contributed by atoms with van der Waals surface area (Å²) >= 11 is 1.75. The summed E-state index contributed by atoms with van der Waals surface area (Å²) in [6.07, 6.45) is 2.47. The average molecular weight is 244 g/mol. The van der Waals surface area contributed by atoms with Crippen LogP contribution in [0.3, 0.4) is 0 Å². The van der Waals surface area contributed by atoms with E-state index in [2.05, 4.69) is 12.1 Å². The van der Waals surface area contributed by atoms with Gasteiger partial charge in [-0.2, -0.15) is 0 Å². The first kappa shape index (κ1) is 10.4. The second-order valence-corrected chi connectivity index (χ2v) is 5.22. The predicted molar refractivity (Wildman–Crippen MR) is 71.2 cm³/mol. The number of benzene rings is 1. The van der Waals surface area contributed by atoms with Crippen LogP contribution in [0.25, 0.3) is 10.1 Å². The number of hydrogen-bond acceptors (Lipinski definition) is 3. The molecule has 2 heterocycles. The van der Waals surface area contributed by atoms with Crippen molar-refractivity contribution in [2.45, 2.75) is 6.42 Å². The number of amides is 1. The molecule has 0 aliphatic carbocycles. The van der Waals surface area contributed by atoms with E-state index in [1.54, 1.807) is 11.3 Å². The van der Waals surface area contributed by atoms with Gasteiger partial charge in [-0.05, 0) is 17.0 Å². The SMILES string of the molecule is CN1C=C(C(N)=O)Cc2c1sc1ccccc21. The van der Waals surface area contributed by atoms with E-state index < -0.39 is 0 Å². The predicted octanol–water partition coefficient (Wildman–Crippen LogP) is 2.26. The van der Waals surface area contributed by atoms with Crippen molar-refractivity contribution >= 4 is 32.3 Å². The summed E-state index contributed by atoms with van der Waals surface area (Å²) in [7, 11) is 1.95. The largest absolute Gasteiger partial charge is 0.366 e. The first-order chi connectivity index (χ1) is 8.16. The molecule has 1 amide bonds. The van der Waals surface area contributed by atoms with Gasteiger partial charge in [0.25, 0.3) is 0 Å². The third-order valence-electron chi connectivity index (χ3n) is 3.03. The van der Waals surface area contributed by atoms with Crippen molar-refractivity contribution in [2.75, 3.05) is 11.9 Å². The number of primary amides is 1. The topological polar surface area (TPSA) is 46.3 Å². The lowest BCUT2D eigenvalue weighted by molar-refractivity contribution is -0.114. The number of anilines is 1. The molecule has 0 fully saturated rings. The summed E-state index contributed by atoms with van der Waals surface area (Å²) < 4.78 is 1.25. The van der Waals surface area contributed by atoms with Crippen LogP contribution in [0.4, 0.5) is 5.00 Å². The van der Waals surface area contributed by atoms with Crippen LogP contribution in [-0.4, -0.2) is 13.0 Å². The molecule has 3 nitrogen and oxygen atoms in total. The molecule has 4 heteroatoms. The Morgan fingerprint density at radius 2 is 2.18 bits per heavy atom. The number of carbonyl (C=O) groups excluding carboxylic acids is 1. The molecule has 0 radical (unpaired) electrons. The van der Waals surface area contributed by atoms with Crippen molar-refractivity contribution in [3.05, 3.63) is 41.6 Å². The molecule has 3 rings (SSSR count). The van der Waals surface area contributed by atoms with E-state index in [-0.39, 0.29) is 5.91 Å². The number of fused-ring (bicyclic) bond motifs is 3. The van der Waals surface area contributed by atoms with Gasteiger partial charge in [-0.3, -0.25) is 4.79 Å². The molecule has 2 N–H and O–H groups in total. The minimum atomic E-state index is -0.335. The Kier molecular flexibility index (Phi) is 2.19. The first-order valence-corrected chi connectivity index (χ1v) is 6.22. The average Bonchev–Trinajstić information content (AvgIpc) is 2.68. The molecular weight excluding hydrogens is 232 g/mol. The van der Waals surface area contributed by atoms with Gasteiger partial charge in [0.15, 0.2) is 0 Å². The molecule has 0 spiro atoms. The lowest BCUT2D eigenvalue weighted by Crippen LogP contribution is -2.23. The minimum absolute atomic E-state index is 0.335. The van der Waals surface area contributed by atoms with Crippen LogP contribution >= 0.6 is 11.3 Å². The molecule has 1 aliphatic heterocycles. The van der Waals surface area contributed by atoms with Gasteiger partial charge >= 0.3 is 0 Å². The third kappa shape index (κ3) is 1.52. The number of carbonyl (C=O) groups is 1. The van der Waals surface area contributed by atoms with Crippen LogP contribution < -0.4 is 10.6 Å². The van der Waals surface area contributed by atoms with Crippen LogP contribution in [0.5, 0.6) is 0 Å². The maximum absolute atomic E-state index is 11.3. The van der Waals surface area contributed by atoms with E-state index in [0.717, 1.165) is 0 Å². The van der Waals surface area contributed by atoms with E-state index >= 15 is 0 Å². The molecular formula is C13H12N2OS. The summed E-state index contributed by atoms with van der Waals surface area (Å²) in [6.45, 7) is 0. The monoisotopic (exact) mass is 244 g/mol. The minimum Gasteiger partial charge on any atom is -0.366 e. The second kappa shape index (κ2) is 3.60. The maximum Gasteiger partial charge on any atom is 0.246 e. The van der Waals surface area contributed by atoms with Crippen LogP contribution in [-0.2, 0) is 11.2 Å². The van der Waals surface area contributed by atoms with Gasteiger partial charge in [0.1, 0.15) is 0 Å². The second-order valence-electron chi connectivity index (χ2n) is 4.19. The maximum atomic E-state index is 11.3. The molecule has 0 saturated carbocycles. The van der Waals surface area contributed by atoms with Gasteiger partial charge < -0.3 is 10.6 Å².